The fourth-order valence-corrected chi connectivity index (χ4v) is 1.37. The van der Waals surface area contributed by atoms with Crippen molar-refractivity contribution in [3.05, 3.63) is 0 Å². The Kier molecular flexibility index (Phi) is 10.5. The molecule has 0 spiro atoms. The van der Waals surface area contributed by atoms with Crippen LogP contribution in [0.25, 0.3) is 0 Å². The Morgan fingerprint density at radius 3 is 1.60 bits per heavy atom. The zero-order valence-electron chi connectivity index (χ0n) is 12.7. The molecule has 0 fully saturated rings. The largest absolute Gasteiger partial charge is 0.741 e. The first-order valence-corrected chi connectivity index (χ1v) is 8.04. The average Bonchev–Trinajstić information content (AvgIpc) is 2.19. The van der Waals surface area contributed by atoms with E-state index < -0.39 is 15.6 Å². The maximum Gasteiger partial charge on any atom is 0.485 e. The second-order valence-corrected chi connectivity index (χ2v) is 7.05. The van der Waals surface area contributed by atoms with E-state index in [-0.39, 0.29) is 0 Å². The summed E-state index contributed by atoms with van der Waals surface area (Å²) in [6.07, 6.45) is 8.48. The zero-order valence-corrected chi connectivity index (χ0v) is 13.5. The highest BCUT2D eigenvalue weighted by molar-refractivity contribution is 7.86. The standard InChI is InChI=1S/C11H26N.CHF3O3S/c1-5-6-7-8-9-10-11-12(2,3)4;2-1(3,4)8(5,6)7/h5-11H2,1-4H3;(H,5,6,7)/q+1;/p-1. The lowest BCUT2D eigenvalue weighted by Crippen LogP contribution is -2.35. The van der Waals surface area contributed by atoms with E-state index in [4.69, 9.17) is 13.0 Å². The van der Waals surface area contributed by atoms with Crippen LogP contribution in [-0.4, -0.2) is 50.6 Å². The second-order valence-electron chi connectivity index (χ2n) is 5.68. The van der Waals surface area contributed by atoms with Crippen LogP contribution >= 0.6 is 0 Å². The minimum Gasteiger partial charge on any atom is -0.741 e. The van der Waals surface area contributed by atoms with Crippen molar-refractivity contribution in [2.45, 2.75) is 51.0 Å². The quantitative estimate of drug-likeness (QED) is 0.313. The van der Waals surface area contributed by atoms with Gasteiger partial charge in [0.15, 0.2) is 10.1 Å². The van der Waals surface area contributed by atoms with Crippen LogP contribution < -0.4 is 0 Å². The normalized spacial score (nSPS) is 12.8. The molecule has 8 heteroatoms. The van der Waals surface area contributed by atoms with Gasteiger partial charge < -0.3 is 9.04 Å². The highest BCUT2D eigenvalue weighted by atomic mass is 32.2. The molecule has 124 valence electrons. The molecule has 0 unspecified atom stereocenters. The van der Waals surface area contributed by atoms with E-state index in [0.29, 0.717) is 0 Å². The summed E-state index contributed by atoms with van der Waals surface area (Å²) in [5, 5.41) is 0. The maximum atomic E-state index is 10.7. The van der Waals surface area contributed by atoms with Gasteiger partial charge in [-0.1, -0.05) is 32.6 Å². The van der Waals surface area contributed by atoms with E-state index in [0.717, 1.165) is 4.48 Å². The van der Waals surface area contributed by atoms with Crippen molar-refractivity contribution in [2.24, 2.45) is 0 Å². The minimum absolute atomic E-state index is 1.12. The van der Waals surface area contributed by atoms with Crippen LogP contribution in [0.3, 0.4) is 0 Å². The molecule has 0 atom stereocenters. The van der Waals surface area contributed by atoms with E-state index in [1.54, 1.807) is 0 Å². The Labute approximate surface area is 120 Å². The molecule has 0 N–H and O–H groups in total. The number of nitrogens with zero attached hydrogens (tertiary/aromatic N) is 1. The van der Waals surface area contributed by atoms with Gasteiger partial charge >= 0.3 is 5.51 Å². The fraction of sp³-hybridized carbons (Fsp3) is 1.00. The Bertz CT molecular complexity index is 335. The fourth-order valence-electron chi connectivity index (χ4n) is 1.37. The van der Waals surface area contributed by atoms with Crippen molar-refractivity contribution in [1.29, 1.82) is 0 Å². The van der Waals surface area contributed by atoms with Gasteiger partial charge in [0.05, 0.1) is 27.7 Å². The highest BCUT2D eigenvalue weighted by Crippen LogP contribution is 2.20. The third-order valence-corrected chi connectivity index (χ3v) is 3.03. The van der Waals surface area contributed by atoms with E-state index in [2.05, 4.69) is 28.1 Å². The van der Waals surface area contributed by atoms with Crippen LogP contribution in [0.4, 0.5) is 13.2 Å². The van der Waals surface area contributed by atoms with E-state index in [1.165, 1.54) is 45.1 Å². The predicted octanol–water partition coefficient (Wildman–Crippen LogP) is 3.10. The lowest BCUT2D eigenvalue weighted by Gasteiger charge is -2.23. The third kappa shape index (κ3) is 15.7. The number of quaternary nitrogens is 1. The van der Waals surface area contributed by atoms with Crippen molar-refractivity contribution in [1.82, 2.24) is 0 Å². The Hall–Kier alpha value is -0.340. The van der Waals surface area contributed by atoms with Gasteiger partial charge in [0, 0.05) is 0 Å². The molecule has 0 aromatic heterocycles. The van der Waals surface area contributed by atoms with Crippen LogP contribution in [0.2, 0.25) is 0 Å². The zero-order chi connectivity index (χ0) is 16.4. The number of hydrogen-bond donors (Lipinski definition) is 0. The predicted molar refractivity (Wildman–Crippen MR) is 72.0 cm³/mol. The van der Waals surface area contributed by atoms with Crippen LogP contribution in [-0.2, 0) is 10.1 Å². The number of rotatable bonds is 7. The van der Waals surface area contributed by atoms with E-state index >= 15 is 0 Å². The van der Waals surface area contributed by atoms with Gasteiger partial charge in [0.25, 0.3) is 0 Å². The van der Waals surface area contributed by atoms with Gasteiger partial charge in [-0.3, -0.25) is 0 Å². The Morgan fingerprint density at radius 2 is 1.30 bits per heavy atom. The molecule has 0 radical (unpaired) electrons. The van der Waals surface area contributed by atoms with Crippen LogP contribution in [0.15, 0.2) is 0 Å². The Balaban J connectivity index is 0. The first-order valence-electron chi connectivity index (χ1n) is 6.64. The number of hydrogen-bond acceptors (Lipinski definition) is 3. The van der Waals surface area contributed by atoms with Gasteiger partial charge in [0.1, 0.15) is 0 Å². The van der Waals surface area contributed by atoms with Crippen molar-refractivity contribution in [3.63, 3.8) is 0 Å². The minimum atomic E-state index is -6.09. The molecule has 0 aromatic rings. The molecular weight excluding hydrogens is 295 g/mol. The van der Waals surface area contributed by atoms with E-state index in [9.17, 15) is 13.2 Å². The SMILES string of the molecule is CCCCCCCC[N+](C)(C)C.O=S(=O)([O-])C(F)(F)F. The summed E-state index contributed by atoms with van der Waals surface area (Å²) >= 11 is 0. The van der Waals surface area contributed by atoms with Crippen molar-refractivity contribution >= 4 is 10.1 Å². The summed E-state index contributed by atoms with van der Waals surface area (Å²) in [6, 6.07) is 0. The van der Waals surface area contributed by atoms with Gasteiger partial charge in [-0.15, -0.1) is 0 Å². The Morgan fingerprint density at radius 1 is 0.950 bits per heavy atom. The molecule has 0 saturated heterocycles. The molecule has 0 aliphatic rings. The van der Waals surface area contributed by atoms with Gasteiger partial charge in [-0.25, -0.2) is 8.42 Å². The van der Waals surface area contributed by atoms with Gasteiger partial charge in [-0.2, -0.15) is 13.2 Å². The molecule has 0 saturated carbocycles. The van der Waals surface area contributed by atoms with Gasteiger partial charge in [-0.05, 0) is 12.8 Å². The summed E-state index contributed by atoms with van der Waals surface area (Å²) in [5.41, 5.74) is -5.65. The lowest BCUT2D eigenvalue weighted by atomic mass is 10.1. The molecule has 0 aromatic carbocycles. The molecule has 0 bridgehead atoms. The van der Waals surface area contributed by atoms with Gasteiger partial charge in [0.2, 0.25) is 0 Å². The molecular formula is C12H26F3NO3S. The molecule has 4 nitrogen and oxygen atoms in total. The second kappa shape index (κ2) is 9.57. The summed E-state index contributed by atoms with van der Waals surface area (Å²) in [5.74, 6) is 0. The molecule has 0 rings (SSSR count). The lowest BCUT2D eigenvalue weighted by molar-refractivity contribution is -0.870. The molecule has 0 aliphatic carbocycles. The topological polar surface area (TPSA) is 57.2 Å². The summed E-state index contributed by atoms with van der Waals surface area (Å²) in [4.78, 5) is 0. The molecule has 0 amide bonds. The van der Waals surface area contributed by atoms with E-state index in [1.807, 2.05) is 0 Å². The van der Waals surface area contributed by atoms with Crippen molar-refractivity contribution < 1.29 is 30.6 Å². The first kappa shape index (κ1) is 21.9. The molecule has 0 aliphatic heterocycles. The first-order chi connectivity index (χ1) is 8.81. The smallest absolute Gasteiger partial charge is 0.485 e. The highest BCUT2D eigenvalue weighted by Gasteiger charge is 2.36. The van der Waals surface area contributed by atoms with Crippen molar-refractivity contribution in [3.8, 4) is 0 Å². The van der Waals surface area contributed by atoms with Crippen molar-refractivity contribution in [2.75, 3.05) is 27.7 Å². The summed E-state index contributed by atoms with van der Waals surface area (Å²) < 4.78 is 60.0. The molecule has 20 heavy (non-hydrogen) atoms. The molecule has 0 heterocycles. The van der Waals surface area contributed by atoms with Crippen LogP contribution in [0.1, 0.15) is 45.4 Å². The maximum absolute atomic E-state index is 10.7. The number of unbranched alkanes of at least 4 members (excludes halogenated alkanes) is 5. The average molecular weight is 321 g/mol. The third-order valence-electron chi connectivity index (χ3n) is 2.47. The summed E-state index contributed by atoms with van der Waals surface area (Å²) in [6.45, 7) is 3.60. The monoisotopic (exact) mass is 321 g/mol. The van der Waals surface area contributed by atoms with Crippen LogP contribution in [0.5, 0.6) is 0 Å². The summed E-state index contributed by atoms with van der Waals surface area (Å²) in [7, 11) is 0.719. The van der Waals surface area contributed by atoms with Crippen LogP contribution in [0, 0.1) is 0 Å². The number of halogens is 3. The number of alkyl halides is 3.